The Morgan fingerprint density at radius 2 is 1.96 bits per heavy atom. The topological polar surface area (TPSA) is 66.9 Å². The first kappa shape index (κ1) is 18.9. The van der Waals surface area contributed by atoms with Crippen LogP contribution in [0.15, 0.2) is 23.1 Å². The Kier molecular flexibility index (Phi) is 5.27. The van der Waals surface area contributed by atoms with Gasteiger partial charge < -0.3 is 9.64 Å². The van der Waals surface area contributed by atoms with Gasteiger partial charge in [0.25, 0.3) is 0 Å². The fourth-order valence-electron chi connectivity index (χ4n) is 4.42. The maximum Gasteiger partial charge on any atom is 0.243 e. The minimum atomic E-state index is -3.54. The smallest absolute Gasteiger partial charge is 0.243 e. The maximum atomic E-state index is 13.2. The van der Waals surface area contributed by atoms with Crippen LogP contribution in [0.2, 0.25) is 0 Å². The lowest BCUT2D eigenvalue weighted by Gasteiger charge is -2.35. The normalized spacial score (nSPS) is 23.9. The van der Waals surface area contributed by atoms with E-state index in [1.165, 1.54) is 0 Å². The molecule has 27 heavy (non-hydrogen) atoms. The zero-order valence-electron chi connectivity index (χ0n) is 15.9. The molecular weight excluding hydrogens is 364 g/mol. The molecule has 0 bridgehead atoms. The number of hydrogen-bond donors (Lipinski definition) is 0. The molecule has 1 amide bonds. The first-order chi connectivity index (χ1) is 13.0. The Hall–Kier alpha value is -1.44. The molecule has 6 nitrogen and oxygen atoms in total. The van der Waals surface area contributed by atoms with Crippen molar-refractivity contribution in [3.8, 4) is 0 Å². The highest BCUT2D eigenvalue weighted by atomic mass is 32.2. The van der Waals surface area contributed by atoms with Crippen molar-refractivity contribution in [1.82, 2.24) is 9.21 Å². The molecule has 1 aromatic carbocycles. The Bertz CT molecular complexity index is 819. The van der Waals surface area contributed by atoms with E-state index in [0.29, 0.717) is 24.6 Å². The summed E-state index contributed by atoms with van der Waals surface area (Å²) in [5, 5.41) is 0. The van der Waals surface area contributed by atoms with E-state index in [1.54, 1.807) is 23.5 Å². The number of amides is 1. The molecule has 0 unspecified atom stereocenters. The van der Waals surface area contributed by atoms with E-state index in [4.69, 9.17) is 4.74 Å². The average molecular weight is 393 g/mol. The molecule has 7 heteroatoms. The molecule has 1 saturated heterocycles. The predicted molar refractivity (Wildman–Crippen MR) is 102 cm³/mol. The van der Waals surface area contributed by atoms with Crippen LogP contribution in [0.5, 0.6) is 0 Å². The molecule has 4 rings (SSSR count). The largest absolute Gasteiger partial charge is 0.383 e. The highest BCUT2D eigenvalue weighted by Crippen LogP contribution is 2.32. The van der Waals surface area contributed by atoms with Gasteiger partial charge in [-0.3, -0.25) is 4.79 Å². The molecular formula is C20H28N2O4S. The fourth-order valence-corrected chi connectivity index (χ4v) is 6.15. The average Bonchev–Trinajstić information content (AvgIpc) is 3.08. The van der Waals surface area contributed by atoms with Crippen molar-refractivity contribution in [3.05, 3.63) is 29.3 Å². The lowest BCUT2D eigenvalue weighted by Crippen LogP contribution is -2.42. The maximum absolute atomic E-state index is 13.2. The van der Waals surface area contributed by atoms with E-state index < -0.39 is 10.0 Å². The molecule has 0 radical (unpaired) electrons. The van der Waals surface area contributed by atoms with Gasteiger partial charge in [-0.25, -0.2) is 8.42 Å². The van der Waals surface area contributed by atoms with Crippen LogP contribution in [0, 0.1) is 5.92 Å². The van der Waals surface area contributed by atoms with Gasteiger partial charge in [0, 0.05) is 38.7 Å². The number of carbonyl (C=O) groups is 1. The Morgan fingerprint density at radius 1 is 1.15 bits per heavy atom. The first-order valence-corrected chi connectivity index (χ1v) is 11.4. The molecule has 1 aliphatic carbocycles. The van der Waals surface area contributed by atoms with Crippen LogP contribution < -0.4 is 0 Å². The van der Waals surface area contributed by atoms with Gasteiger partial charge >= 0.3 is 0 Å². The van der Waals surface area contributed by atoms with Crippen molar-refractivity contribution in [2.75, 3.05) is 26.8 Å². The van der Waals surface area contributed by atoms with Gasteiger partial charge in [-0.15, -0.1) is 0 Å². The first-order valence-electron chi connectivity index (χ1n) is 9.92. The highest BCUT2D eigenvalue weighted by Gasteiger charge is 2.36. The molecule has 2 heterocycles. The summed E-state index contributed by atoms with van der Waals surface area (Å²) in [6.07, 6.45) is 5.62. The van der Waals surface area contributed by atoms with Crippen molar-refractivity contribution in [1.29, 1.82) is 0 Å². The minimum Gasteiger partial charge on any atom is -0.383 e. The van der Waals surface area contributed by atoms with Crippen molar-refractivity contribution in [2.45, 2.75) is 56.0 Å². The van der Waals surface area contributed by atoms with Crippen LogP contribution >= 0.6 is 0 Å². The van der Waals surface area contributed by atoms with E-state index in [1.807, 2.05) is 11.0 Å². The number of carbonyl (C=O) groups excluding carboxylic acids is 1. The molecule has 0 aromatic heterocycles. The zero-order chi connectivity index (χ0) is 19.0. The summed E-state index contributed by atoms with van der Waals surface area (Å²) in [5.74, 6) is 0.415. The van der Waals surface area contributed by atoms with Gasteiger partial charge in [0.2, 0.25) is 15.9 Å². The predicted octanol–water partition coefficient (Wildman–Crippen LogP) is 2.17. The lowest BCUT2D eigenvalue weighted by atomic mass is 9.84. The number of nitrogens with zero attached hydrogens (tertiary/aromatic N) is 2. The van der Waals surface area contributed by atoms with Crippen LogP contribution in [0.1, 0.15) is 43.2 Å². The summed E-state index contributed by atoms with van der Waals surface area (Å²) < 4.78 is 33.1. The van der Waals surface area contributed by atoms with Gasteiger partial charge in [0.1, 0.15) is 0 Å². The number of rotatable bonds is 5. The van der Waals surface area contributed by atoms with Crippen LogP contribution in [-0.2, 0) is 32.5 Å². The Balaban J connectivity index is 1.56. The third-order valence-corrected chi connectivity index (χ3v) is 8.19. The number of benzene rings is 1. The monoisotopic (exact) mass is 392 g/mol. The fraction of sp³-hybridized carbons (Fsp3) is 0.650. The van der Waals surface area contributed by atoms with Crippen molar-refractivity contribution in [2.24, 2.45) is 5.92 Å². The molecule has 148 valence electrons. The van der Waals surface area contributed by atoms with Crippen LogP contribution in [-0.4, -0.2) is 56.4 Å². The molecule has 0 spiro atoms. The quantitative estimate of drug-likeness (QED) is 0.770. The van der Waals surface area contributed by atoms with E-state index in [9.17, 15) is 13.2 Å². The number of sulfonamides is 1. The van der Waals surface area contributed by atoms with Crippen molar-refractivity contribution in [3.63, 3.8) is 0 Å². The lowest BCUT2D eigenvalue weighted by molar-refractivity contribution is -0.139. The molecule has 1 atom stereocenters. The van der Waals surface area contributed by atoms with Gasteiger partial charge in [-0.05, 0) is 55.4 Å². The molecule has 2 fully saturated rings. The van der Waals surface area contributed by atoms with Crippen molar-refractivity contribution >= 4 is 15.9 Å². The van der Waals surface area contributed by atoms with E-state index >= 15 is 0 Å². The van der Waals surface area contributed by atoms with Crippen LogP contribution in [0.3, 0.4) is 0 Å². The second-order valence-electron chi connectivity index (χ2n) is 7.94. The molecule has 0 N–H and O–H groups in total. The number of ether oxygens (including phenoxy) is 1. The third kappa shape index (κ3) is 3.52. The second-order valence-corrected chi connectivity index (χ2v) is 9.83. The Morgan fingerprint density at radius 3 is 2.67 bits per heavy atom. The molecule has 3 aliphatic rings. The zero-order valence-corrected chi connectivity index (χ0v) is 16.7. The summed E-state index contributed by atoms with van der Waals surface area (Å²) in [5.41, 5.74) is 2.12. The molecule has 2 aliphatic heterocycles. The number of fused-ring (bicyclic) bond motifs is 1. The second kappa shape index (κ2) is 7.53. The van der Waals surface area contributed by atoms with E-state index in [-0.39, 0.29) is 17.9 Å². The van der Waals surface area contributed by atoms with Crippen LogP contribution in [0.25, 0.3) is 0 Å². The molecule has 1 aromatic rings. The minimum absolute atomic E-state index is 0.0901. The highest BCUT2D eigenvalue weighted by molar-refractivity contribution is 7.89. The standard InChI is InChI=1S/C20H28N2O4S/c1-26-14-18-6-3-10-22(18)27(24,25)19-8-7-15-9-11-21(13-17(15)12-19)20(23)16-4-2-5-16/h7-8,12,16,18H,2-6,9-11,13-14H2,1H3/t18-/m0/s1. The van der Waals surface area contributed by atoms with Crippen LogP contribution in [0.4, 0.5) is 0 Å². The summed E-state index contributed by atoms with van der Waals surface area (Å²) in [6, 6.07) is 5.34. The summed E-state index contributed by atoms with van der Waals surface area (Å²) in [7, 11) is -1.93. The van der Waals surface area contributed by atoms with E-state index in [0.717, 1.165) is 56.2 Å². The van der Waals surface area contributed by atoms with Gasteiger partial charge in [0.15, 0.2) is 0 Å². The van der Waals surface area contributed by atoms with Crippen molar-refractivity contribution < 1.29 is 17.9 Å². The van der Waals surface area contributed by atoms with Gasteiger partial charge in [-0.2, -0.15) is 4.31 Å². The number of hydrogen-bond acceptors (Lipinski definition) is 4. The van der Waals surface area contributed by atoms with Gasteiger partial charge in [0.05, 0.1) is 11.5 Å². The Labute approximate surface area is 161 Å². The summed E-state index contributed by atoms with van der Waals surface area (Å²) >= 11 is 0. The summed E-state index contributed by atoms with van der Waals surface area (Å²) in [6.45, 7) is 2.22. The summed E-state index contributed by atoms with van der Waals surface area (Å²) in [4.78, 5) is 14.8. The molecule has 1 saturated carbocycles. The number of methoxy groups -OCH3 is 1. The van der Waals surface area contributed by atoms with E-state index in [2.05, 4.69) is 0 Å². The SMILES string of the molecule is COC[C@@H]1CCCN1S(=O)(=O)c1ccc2c(c1)CN(C(=O)C1CCC1)CC2. The third-order valence-electron chi connectivity index (χ3n) is 6.24. The van der Waals surface area contributed by atoms with Gasteiger partial charge in [-0.1, -0.05) is 12.5 Å².